The maximum Gasteiger partial charge on any atom is 0.258 e. The molecule has 0 saturated heterocycles. The zero-order valence-electron chi connectivity index (χ0n) is 14.7. The van der Waals surface area contributed by atoms with Crippen molar-refractivity contribution in [3.05, 3.63) is 51.5 Å². The normalized spacial score (nSPS) is 12.2. The Bertz CT molecular complexity index is 1000. The van der Waals surface area contributed by atoms with Gasteiger partial charge in [-0.15, -0.1) is 24.0 Å². The molecule has 1 amide bonds. The van der Waals surface area contributed by atoms with E-state index in [1.165, 1.54) is 0 Å². The number of carbonyl (C=O) groups is 1. The number of nitrogens with two attached hydrogens (primary N) is 1. The number of thiophene rings is 1. The number of nitrogens with zero attached hydrogens (tertiary/aromatic N) is 2. The van der Waals surface area contributed by atoms with Crippen LogP contribution in [0.25, 0.3) is 10.1 Å². The highest BCUT2D eigenvalue weighted by Gasteiger charge is 2.18. The van der Waals surface area contributed by atoms with Crippen molar-refractivity contribution < 1.29 is 9.53 Å². The third kappa shape index (κ3) is 3.86. The Morgan fingerprint density at radius 3 is 2.85 bits per heavy atom. The fraction of sp³-hybridized carbons (Fsp3) is 0.222. The molecule has 0 aliphatic rings. The standard InChI is InChI=1S/C18H20N4O2S2/c1-10(19)14(25)9-24-12-4-5-15-13(8-12)17(11(2)26-15)18(23)20-16-6-7-22(3)21-16/h4-8,25H,9,19H2,1-3H3,(H,20,21,23)/b14-10-. The van der Waals surface area contributed by atoms with E-state index in [0.29, 0.717) is 27.7 Å². The minimum Gasteiger partial charge on any atom is -0.488 e. The molecule has 26 heavy (non-hydrogen) atoms. The van der Waals surface area contributed by atoms with Gasteiger partial charge in [0.25, 0.3) is 5.91 Å². The lowest BCUT2D eigenvalue weighted by Crippen LogP contribution is -2.13. The number of thiol groups is 1. The number of hydrogen-bond acceptors (Lipinski definition) is 6. The molecule has 3 rings (SSSR count). The molecule has 0 aliphatic heterocycles. The summed E-state index contributed by atoms with van der Waals surface area (Å²) in [6.45, 7) is 4.00. The zero-order chi connectivity index (χ0) is 18.8. The second-order valence-electron chi connectivity index (χ2n) is 5.94. The molecule has 136 valence electrons. The Morgan fingerprint density at radius 1 is 1.42 bits per heavy atom. The SMILES string of the molecule is C/C(N)=C(/S)COc1ccc2sc(C)c(C(=O)Nc3ccn(C)n3)c2c1. The topological polar surface area (TPSA) is 82.2 Å². The third-order valence-corrected chi connectivity index (χ3v) is 5.42. The predicted molar refractivity (Wildman–Crippen MR) is 109 cm³/mol. The molecule has 0 unspecified atom stereocenters. The highest BCUT2D eigenvalue weighted by atomic mass is 32.1. The van der Waals surface area contributed by atoms with Crippen molar-refractivity contribution in [1.82, 2.24) is 9.78 Å². The number of aromatic nitrogens is 2. The smallest absolute Gasteiger partial charge is 0.258 e. The van der Waals surface area contributed by atoms with Gasteiger partial charge in [0.2, 0.25) is 0 Å². The Balaban J connectivity index is 1.89. The molecule has 2 heterocycles. The quantitative estimate of drug-likeness (QED) is 0.582. The molecule has 0 aliphatic carbocycles. The van der Waals surface area contributed by atoms with Crippen molar-refractivity contribution >= 4 is 45.8 Å². The van der Waals surface area contributed by atoms with Crippen LogP contribution in [0.3, 0.4) is 0 Å². The number of ether oxygens (including phenoxy) is 1. The maximum absolute atomic E-state index is 12.8. The van der Waals surface area contributed by atoms with Crippen molar-refractivity contribution in [3.8, 4) is 5.75 Å². The number of amides is 1. The summed E-state index contributed by atoms with van der Waals surface area (Å²) in [6, 6.07) is 7.47. The number of anilines is 1. The van der Waals surface area contributed by atoms with E-state index in [2.05, 4.69) is 23.0 Å². The fourth-order valence-corrected chi connectivity index (χ4v) is 3.60. The number of fused-ring (bicyclic) bond motifs is 1. The molecular weight excluding hydrogens is 368 g/mol. The van der Waals surface area contributed by atoms with E-state index in [0.717, 1.165) is 15.0 Å². The summed E-state index contributed by atoms with van der Waals surface area (Å²) in [5, 5.41) is 7.89. The van der Waals surface area contributed by atoms with E-state index in [1.807, 2.05) is 25.1 Å². The number of nitrogens with one attached hydrogen (secondary N) is 1. The Kier molecular flexibility index (Phi) is 5.24. The summed E-state index contributed by atoms with van der Waals surface area (Å²) < 4.78 is 8.41. The summed E-state index contributed by atoms with van der Waals surface area (Å²) >= 11 is 5.88. The van der Waals surface area contributed by atoms with Gasteiger partial charge in [-0.05, 0) is 32.0 Å². The first-order valence-electron chi connectivity index (χ1n) is 7.96. The summed E-state index contributed by atoms with van der Waals surface area (Å²) in [4.78, 5) is 14.4. The van der Waals surface area contributed by atoms with E-state index in [9.17, 15) is 4.79 Å². The number of rotatable bonds is 5. The van der Waals surface area contributed by atoms with Gasteiger partial charge in [0.05, 0.1) is 5.56 Å². The maximum atomic E-state index is 12.8. The molecule has 0 radical (unpaired) electrons. The van der Waals surface area contributed by atoms with Gasteiger partial charge in [0.15, 0.2) is 5.82 Å². The van der Waals surface area contributed by atoms with E-state index in [-0.39, 0.29) is 12.5 Å². The van der Waals surface area contributed by atoms with Crippen molar-refractivity contribution in [2.45, 2.75) is 13.8 Å². The first kappa shape index (κ1) is 18.3. The Morgan fingerprint density at radius 2 is 2.19 bits per heavy atom. The minimum atomic E-state index is -0.183. The van der Waals surface area contributed by atoms with Gasteiger partial charge in [0.1, 0.15) is 12.4 Å². The molecule has 3 aromatic rings. The lowest BCUT2D eigenvalue weighted by Gasteiger charge is -2.08. The van der Waals surface area contributed by atoms with Crippen LogP contribution in [-0.2, 0) is 7.05 Å². The van der Waals surface area contributed by atoms with Crippen molar-refractivity contribution in [1.29, 1.82) is 0 Å². The average Bonchev–Trinajstić information content (AvgIpc) is 3.13. The molecule has 0 atom stereocenters. The second kappa shape index (κ2) is 7.43. The van der Waals surface area contributed by atoms with Crippen LogP contribution < -0.4 is 15.8 Å². The van der Waals surface area contributed by atoms with Crippen LogP contribution in [0.2, 0.25) is 0 Å². The highest BCUT2D eigenvalue weighted by molar-refractivity contribution is 7.84. The lowest BCUT2D eigenvalue weighted by molar-refractivity contribution is 0.102. The van der Waals surface area contributed by atoms with Crippen LogP contribution in [0.5, 0.6) is 5.75 Å². The van der Waals surface area contributed by atoms with Crippen LogP contribution in [0, 0.1) is 6.92 Å². The molecule has 8 heteroatoms. The van der Waals surface area contributed by atoms with Crippen LogP contribution in [0.4, 0.5) is 5.82 Å². The summed E-state index contributed by atoms with van der Waals surface area (Å²) in [5.74, 6) is 0.999. The van der Waals surface area contributed by atoms with Crippen molar-refractivity contribution in [2.24, 2.45) is 12.8 Å². The molecule has 0 spiro atoms. The van der Waals surface area contributed by atoms with Gasteiger partial charge in [-0.25, -0.2) is 0 Å². The van der Waals surface area contributed by atoms with Crippen LogP contribution in [-0.4, -0.2) is 22.3 Å². The fourth-order valence-electron chi connectivity index (χ4n) is 2.50. The van der Waals surface area contributed by atoms with Crippen LogP contribution in [0.1, 0.15) is 22.2 Å². The van der Waals surface area contributed by atoms with Crippen LogP contribution >= 0.6 is 24.0 Å². The zero-order valence-corrected chi connectivity index (χ0v) is 16.4. The van der Waals surface area contributed by atoms with Crippen LogP contribution in [0.15, 0.2) is 41.1 Å². The highest BCUT2D eigenvalue weighted by Crippen LogP contribution is 2.34. The largest absolute Gasteiger partial charge is 0.488 e. The first-order valence-corrected chi connectivity index (χ1v) is 9.22. The number of carbonyl (C=O) groups excluding carboxylic acids is 1. The van der Waals surface area contributed by atoms with Crippen molar-refractivity contribution in [2.75, 3.05) is 11.9 Å². The van der Waals surface area contributed by atoms with Gasteiger partial charge >= 0.3 is 0 Å². The molecule has 3 N–H and O–H groups in total. The number of benzene rings is 1. The molecule has 2 aromatic heterocycles. The Labute approximate surface area is 161 Å². The summed E-state index contributed by atoms with van der Waals surface area (Å²) in [6.07, 6.45) is 1.78. The third-order valence-electron chi connectivity index (χ3n) is 3.85. The van der Waals surface area contributed by atoms with Crippen molar-refractivity contribution in [3.63, 3.8) is 0 Å². The van der Waals surface area contributed by atoms with E-state index in [4.69, 9.17) is 10.5 Å². The second-order valence-corrected chi connectivity index (χ2v) is 7.73. The monoisotopic (exact) mass is 388 g/mol. The van der Waals surface area contributed by atoms with Gasteiger partial charge in [0, 0.05) is 44.9 Å². The molecular formula is C18H20N4O2S2. The lowest BCUT2D eigenvalue weighted by atomic mass is 10.1. The predicted octanol–water partition coefficient (Wildman–Crippen LogP) is 3.69. The molecule has 6 nitrogen and oxygen atoms in total. The first-order chi connectivity index (χ1) is 12.3. The molecule has 0 fully saturated rings. The molecule has 1 aromatic carbocycles. The van der Waals surface area contributed by atoms with Gasteiger partial charge in [-0.2, -0.15) is 5.10 Å². The van der Waals surface area contributed by atoms with Gasteiger partial charge in [-0.1, -0.05) is 0 Å². The molecule has 0 saturated carbocycles. The number of hydrogen-bond donors (Lipinski definition) is 3. The van der Waals surface area contributed by atoms with Gasteiger partial charge < -0.3 is 15.8 Å². The van der Waals surface area contributed by atoms with E-state index < -0.39 is 0 Å². The number of allylic oxidation sites excluding steroid dienone is 1. The Hall–Kier alpha value is -2.45. The summed E-state index contributed by atoms with van der Waals surface area (Å²) in [5.41, 5.74) is 6.96. The average molecular weight is 389 g/mol. The number of aryl methyl sites for hydroxylation is 2. The van der Waals surface area contributed by atoms with Gasteiger partial charge in [-0.3, -0.25) is 9.48 Å². The molecule has 0 bridgehead atoms. The van der Waals surface area contributed by atoms with E-state index >= 15 is 0 Å². The van der Waals surface area contributed by atoms with E-state index in [1.54, 1.807) is 42.3 Å². The minimum absolute atomic E-state index is 0.183. The summed E-state index contributed by atoms with van der Waals surface area (Å²) in [7, 11) is 1.80.